The van der Waals surface area contributed by atoms with Crippen molar-refractivity contribution in [2.45, 2.75) is 13.8 Å². The molecule has 1 heterocycles. The smallest absolute Gasteiger partial charge is 0.185 e. The molecule has 2 rings (SSSR count). The fourth-order valence-electron chi connectivity index (χ4n) is 2.17. The van der Waals surface area contributed by atoms with Crippen molar-refractivity contribution < 1.29 is 9.21 Å². The maximum atomic E-state index is 10.7. The number of carbonyl (C=O) groups excluding carboxylic acids is 1. The number of aryl methyl sites for hydroxylation is 2. The average molecular weight is 251 g/mol. The molecule has 1 aromatic heterocycles. The van der Waals surface area contributed by atoms with Crippen molar-refractivity contribution in [1.29, 1.82) is 5.26 Å². The molecule has 0 saturated carbocycles. The number of benzene rings is 1. The molecule has 3 nitrogen and oxygen atoms in total. The van der Waals surface area contributed by atoms with Crippen LogP contribution in [0.5, 0.6) is 0 Å². The van der Waals surface area contributed by atoms with E-state index in [-0.39, 0.29) is 0 Å². The van der Waals surface area contributed by atoms with Crippen LogP contribution in [-0.2, 0) is 0 Å². The first-order valence-electron chi connectivity index (χ1n) is 5.88. The van der Waals surface area contributed by atoms with Crippen LogP contribution in [0.2, 0.25) is 0 Å². The first-order chi connectivity index (χ1) is 9.15. The summed E-state index contributed by atoms with van der Waals surface area (Å²) in [5.74, 6) is 1.01. The fourth-order valence-corrected chi connectivity index (χ4v) is 2.17. The van der Waals surface area contributed by atoms with Crippen LogP contribution < -0.4 is 0 Å². The minimum absolute atomic E-state index is 0.322. The second kappa shape index (κ2) is 5.36. The number of hydrogen-bond acceptors (Lipinski definition) is 3. The van der Waals surface area contributed by atoms with Gasteiger partial charge < -0.3 is 4.42 Å². The van der Waals surface area contributed by atoms with Crippen molar-refractivity contribution in [1.82, 2.24) is 0 Å². The van der Waals surface area contributed by atoms with Gasteiger partial charge in [0.25, 0.3) is 0 Å². The summed E-state index contributed by atoms with van der Waals surface area (Å²) in [6.07, 6.45) is 3.91. The molecule has 19 heavy (non-hydrogen) atoms. The number of hydrogen-bond donors (Lipinski definition) is 0. The second-order valence-electron chi connectivity index (χ2n) is 4.31. The van der Waals surface area contributed by atoms with Gasteiger partial charge in [0.2, 0.25) is 0 Å². The molecule has 0 bridgehead atoms. The molecule has 2 aromatic rings. The van der Waals surface area contributed by atoms with Crippen molar-refractivity contribution in [2.75, 3.05) is 0 Å². The Bertz CT molecular complexity index is 664. The van der Waals surface area contributed by atoms with Crippen LogP contribution in [0.25, 0.3) is 17.4 Å². The van der Waals surface area contributed by atoms with Gasteiger partial charge in [0, 0.05) is 11.6 Å². The molecule has 1 aromatic carbocycles. The van der Waals surface area contributed by atoms with Gasteiger partial charge >= 0.3 is 0 Å². The first kappa shape index (κ1) is 12.8. The summed E-state index contributed by atoms with van der Waals surface area (Å²) in [4.78, 5) is 10.7. The van der Waals surface area contributed by atoms with E-state index < -0.39 is 0 Å². The molecule has 0 unspecified atom stereocenters. The lowest BCUT2D eigenvalue weighted by Crippen LogP contribution is -1.88. The third kappa shape index (κ3) is 2.63. The molecular weight excluding hydrogens is 238 g/mol. The van der Waals surface area contributed by atoms with E-state index in [1.54, 1.807) is 18.2 Å². The zero-order valence-corrected chi connectivity index (χ0v) is 10.8. The Hall–Kier alpha value is -2.60. The Morgan fingerprint density at radius 1 is 1.21 bits per heavy atom. The van der Waals surface area contributed by atoms with Gasteiger partial charge in [-0.3, -0.25) is 4.79 Å². The molecule has 0 aliphatic heterocycles. The molecule has 0 aliphatic rings. The minimum atomic E-state index is 0.322. The number of nitriles is 1. The highest BCUT2D eigenvalue weighted by Crippen LogP contribution is 2.30. The highest BCUT2D eigenvalue weighted by Gasteiger charge is 2.11. The van der Waals surface area contributed by atoms with E-state index in [0.29, 0.717) is 17.8 Å². The van der Waals surface area contributed by atoms with Crippen LogP contribution in [0.3, 0.4) is 0 Å². The van der Waals surface area contributed by atoms with Crippen LogP contribution >= 0.6 is 0 Å². The summed E-state index contributed by atoms with van der Waals surface area (Å²) in [5.41, 5.74) is 4.05. The molecule has 0 radical (unpaired) electrons. The van der Waals surface area contributed by atoms with Gasteiger partial charge in [-0.2, -0.15) is 5.26 Å². The lowest BCUT2D eigenvalue weighted by atomic mass is 9.97. The highest BCUT2D eigenvalue weighted by atomic mass is 16.3. The molecular formula is C16H13NO2. The molecule has 3 heteroatoms. The van der Waals surface area contributed by atoms with Crippen molar-refractivity contribution >= 4 is 12.4 Å². The Morgan fingerprint density at radius 2 is 1.89 bits per heavy atom. The van der Waals surface area contributed by atoms with Gasteiger partial charge in [-0.05, 0) is 48.7 Å². The van der Waals surface area contributed by atoms with Gasteiger partial charge in [-0.1, -0.05) is 12.1 Å². The first-order valence-corrected chi connectivity index (χ1v) is 5.88. The van der Waals surface area contributed by atoms with E-state index in [4.69, 9.17) is 9.68 Å². The maximum absolute atomic E-state index is 10.7. The van der Waals surface area contributed by atoms with E-state index in [1.165, 1.54) is 6.08 Å². The summed E-state index contributed by atoms with van der Waals surface area (Å²) in [5, 5.41) is 8.54. The zero-order chi connectivity index (χ0) is 13.8. The molecule has 94 valence electrons. The third-order valence-corrected chi connectivity index (χ3v) is 2.89. The molecule has 0 fully saturated rings. The van der Waals surface area contributed by atoms with Gasteiger partial charge in [0.05, 0.1) is 6.07 Å². The lowest BCUT2D eigenvalue weighted by molar-refractivity contribution is 0.110. The Morgan fingerprint density at radius 3 is 2.42 bits per heavy atom. The number of aldehydes is 1. The van der Waals surface area contributed by atoms with Gasteiger partial charge in [0.15, 0.2) is 12.0 Å². The largest absolute Gasteiger partial charge is 0.453 e. The van der Waals surface area contributed by atoms with Gasteiger partial charge in [-0.25, -0.2) is 0 Å². The molecule has 0 saturated heterocycles. The summed E-state index contributed by atoms with van der Waals surface area (Å²) in [7, 11) is 0. The SMILES string of the molecule is Cc1cc(C=CC#N)cc(C)c1-c1ccc(C=O)o1. The predicted molar refractivity (Wildman–Crippen MR) is 73.7 cm³/mol. The lowest BCUT2D eigenvalue weighted by Gasteiger charge is -2.08. The van der Waals surface area contributed by atoms with Crippen LogP contribution in [0.1, 0.15) is 27.2 Å². The molecule has 0 N–H and O–H groups in total. The van der Waals surface area contributed by atoms with Crippen LogP contribution in [0, 0.1) is 25.2 Å². The number of nitrogens with zero attached hydrogens (tertiary/aromatic N) is 1. The number of carbonyl (C=O) groups is 1. The summed E-state index contributed by atoms with van der Waals surface area (Å²) in [6, 6.07) is 9.40. The van der Waals surface area contributed by atoms with Crippen LogP contribution in [-0.4, -0.2) is 6.29 Å². The van der Waals surface area contributed by atoms with Gasteiger partial charge in [-0.15, -0.1) is 0 Å². The maximum Gasteiger partial charge on any atom is 0.185 e. The summed E-state index contributed by atoms with van der Waals surface area (Å²) >= 11 is 0. The second-order valence-corrected chi connectivity index (χ2v) is 4.31. The Kier molecular flexibility index (Phi) is 3.63. The predicted octanol–water partition coefficient (Wildman–Crippen LogP) is 3.91. The molecule has 0 amide bonds. The fraction of sp³-hybridized carbons (Fsp3) is 0.125. The topological polar surface area (TPSA) is 54.0 Å². The van der Waals surface area contributed by atoms with E-state index in [1.807, 2.05) is 32.0 Å². The summed E-state index contributed by atoms with van der Waals surface area (Å²) < 4.78 is 5.46. The Balaban J connectivity index is 2.50. The van der Waals surface area contributed by atoms with Crippen LogP contribution in [0.15, 0.2) is 34.8 Å². The van der Waals surface area contributed by atoms with Crippen molar-refractivity contribution in [3.05, 3.63) is 52.8 Å². The van der Waals surface area contributed by atoms with E-state index in [0.717, 1.165) is 22.3 Å². The number of rotatable bonds is 3. The van der Waals surface area contributed by atoms with E-state index in [9.17, 15) is 4.79 Å². The third-order valence-electron chi connectivity index (χ3n) is 2.89. The van der Waals surface area contributed by atoms with Crippen LogP contribution in [0.4, 0.5) is 0 Å². The number of furan rings is 1. The minimum Gasteiger partial charge on any atom is -0.453 e. The average Bonchev–Trinajstić information content (AvgIpc) is 2.84. The highest BCUT2D eigenvalue weighted by molar-refractivity contribution is 5.75. The van der Waals surface area contributed by atoms with E-state index in [2.05, 4.69) is 0 Å². The quantitative estimate of drug-likeness (QED) is 0.613. The normalized spacial score (nSPS) is 10.6. The monoisotopic (exact) mass is 251 g/mol. The van der Waals surface area contributed by atoms with Crippen molar-refractivity contribution in [2.24, 2.45) is 0 Å². The van der Waals surface area contributed by atoms with Crippen molar-refractivity contribution in [3.8, 4) is 17.4 Å². The van der Waals surface area contributed by atoms with Gasteiger partial charge in [0.1, 0.15) is 5.76 Å². The standard InChI is InChI=1S/C16H13NO2/c1-11-8-13(4-3-7-17)9-12(2)16(11)15-6-5-14(10-18)19-15/h3-6,8-10H,1-2H3. The number of allylic oxidation sites excluding steroid dienone is 1. The summed E-state index contributed by atoms with van der Waals surface area (Å²) in [6.45, 7) is 3.96. The van der Waals surface area contributed by atoms with Crippen molar-refractivity contribution in [3.63, 3.8) is 0 Å². The molecule has 0 atom stereocenters. The molecule has 0 spiro atoms. The Labute approximate surface area is 111 Å². The van der Waals surface area contributed by atoms with E-state index >= 15 is 0 Å². The zero-order valence-electron chi connectivity index (χ0n) is 10.8. The molecule has 0 aliphatic carbocycles.